The second kappa shape index (κ2) is 10.5. The van der Waals surface area contributed by atoms with Gasteiger partial charge < -0.3 is 29.6 Å². The van der Waals surface area contributed by atoms with Crippen LogP contribution in [-0.2, 0) is 37.4 Å². The van der Waals surface area contributed by atoms with E-state index in [0.29, 0.717) is 24.8 Å². The summed E-state index contributed by atoms with van der Waals surface area (Å²) in [4.78, 5) is 33.7. The Morgan fingerprint density at radius 1 is 1.04 bits per heavy atom. The predicted octanol–water partition coefficient (Wildman–Crippen LogP) is 5.69. The second-order valence-electron chi connectivity index (χ2n) is 16.5. The Kier molecular flexibility index (Phi) is 6.75. The number of benzene rings is 2. The van der Waals surface area contributed by atoms with Gasteiger partial charge in [0, 0.05) is 65.1 Å². The number of ketones is 1. The fourth-order valence-corrected chi connectivity index (χ4v) is 10.9. The number of ether oxygens (including phenoxy) is 3. The number of nitrogens with zero attached hydrogens (tertiary/aromatic N) is 1. The van der Waals surface area contributed by atoms with Crippen LogP contribution in [0.4, 0.5) is 4.79 Å². The monoisotopic (exact) mass is 665 g/mol. The molecule has 3 aliphatic carbocycles. The molecule has 1 unspecified atom stereocenters. The van der Waals surface area contributed by atoms with Crippen LogP contribution in [0, 0.1) is 11.3 Å². The summed E-state index contributed by atoms with van der Waals surface area (Å²) in [6.07, 6.45) is 3.32. The molecule has 6 aliphatic rings. The molecular formula is C40H47N3O6. The van der Waals surface area contributed by atoms with Gasteiger partial charge in [-0.25, -0.2) is 4.79 Å². The van der Waals surface area contributed by atoms with Gasteiger partial charge in [-0.15, -0.1) is 0 Å². The second-order valence-corrected chi connectivity index (χ2v) is 16.5. The zero-order chi connectivity index (χ0) is 34.0. The van der Waals surface area contributed by atoms with Crippen LogP contribution in [0.2, 0.25) is 0 Å². The first-order chi connectivity index (χ1) is 23.4. The van der Waals surface area contributed by atoms with Gasteiger partial charge in [-0.3, -0.25) is 9.69 Å². The molecule has 2 saturated carbocycles. The third kappa shape index (κ3) is 4.25. The number of H-pyrrole nitrogens is 1. The van der Waals surface area contributed by atoms with Gasteiger partial charge in [-0.05, 0) is 75.1 Å². The van der Waals surface area contributed by atoms with Crippen molar-refractivity contribution in [3.8, 4) is 0 Å². The first kappa shape index (κ1) is 31.5. The van der Waals surface area contributed by atoms with Gasteiger partial charge in [0.1, 0.15) is 17.3 Å². The average Bonchev–Trinajstić information content (AvgIpc) is 3.67. The summed E-state index contributed by atoms with van der Waals surface area (Å²) in [5, 5.41) is 17.9. The maximum Gasteiger partial charge on any atom is 0.407 e. The summed E-state index contributed by atoms with van der Waals surface area (Å²) in [5.41, 5.74) is 1.24. The lowest BCUT2D eigenvalue weighted by atomic mass is 9.41. The maximum atomic E-state index is 13.9. The van der Waals surface area contributed by atoms with Crippen molar-refractivity contribution in [2.45, 2.75) is 113 Å². The Morgan fingerprint density at radius 3 is 2.55 bits per heavy atom. The molecule has 49 heavy (non-hydrogen) atoms. The number of hydrogen-bond donors (Lipinski definition) is 3. The number of para-hydroxylation sites is 1. The minimum Gasteiger partial charge on any atom is -0.443 e. The highest BCUT2D eigenvalue weighted by Crippen LogP contribution is 2.72. The number of alkyl carbamates (subject to hydrolysis) is 1. The van der Waals surface area contributed by atoms with E-state index < -0.39 is 46.1 Å². The minimum atomic E-state index is -1.73. The van der Waals surface area contributed by atoms with E-state index in [1.807, 2.05) is 26.0 Å². The Morgan fingerprint density at radius 2 is 1.78 bits per heavy atom. The highest BCUT2D eigenvalue weighted by molar-refractivity contribution is 5.97. The van der Waals surface area contributed by atoms with Crippen molar-refractivity contribution in [1.29, 1.82) is 0 Å². The quantitative estimate of drug-likeness (QED) is 0.328. The van der Waals surface area contributed by atoms with Crippen molar-refractivity contribution in [3.05, 3.63) is 83.1 Å². The van der Waals surface area contributed by atoms with Gasteiger partial charge in [-0.2, -0.15) is 0 Å². The van der Waals surface area contributed by atoms with Crippen molar-refractivity contribution < 1.29 is 28.9 Å². The van der Waals surface area contributed by atoms with E-state index in [2.05, 4.69) is 71.5 Å². The lowest BCUT2D eigenvalue weighted by molar-refractivity contribution is -0.273. The molecule has 9 rings (SSSR count). The summed E-state index contributed by atoms with van der Waals surface area (Å²) in [5.74, 6) is -1.38. The molecule has 2 bridgehead atoms. The van der Waals surface area contributed by atoms with Gasteiger partial charge in [0.15, 0.2) is 17.7 Å². The molecule has 2 aromatic carbocycles. The van der Waals surface area contributed by atoms with E-state index in [0.717, 1.165) is 50.1 Å². The van der Waals surface area contributed by atoms with E-state index in [-0.39, 0.29) is 17.7 Å². The number of likely N-dealkylation sites (tertiary alicyclic amines) is 1. The number of hydrogen-bond acceptors (Lipinski definition) is 7. The normalized spacial score (nSPS) is 37.9. The lowest BCUT2D eigenvalue weighted by Crippen LogP contribution is -2.75. The Hall–Kier alpha value is -3.50. The van der Waals surface area contributed by atoms with Crippen LogP contribution >= 0.6 is 0 Å². The highest BCUT2D eigenvalue weighted by Gasteiger charge is 2.78. The number of aromatic nitrogens is 1. The minimum absolute atomic E-state index is 0.0247. The molecule has 1 spiro atoms. The standard InChI is InChI=1S/C40H47N3O6/c1-36(2)34-30(44)22-31-39(48-34,49-36)17-16-37(3)38(4)25(20-28-27-12-8-9-13-29(27)42-33(28)38)21-32(40(31,37)46)47-35(45)41-26-14-18-43(19-15-26)23-24-10-6-5-7-11-24/h5-13,22,25-26,32,34,42,46H,14-21,23H2,1-4H3,(H,41,45)/t25-,32+,34+,37-,38-,39?,40+/m1/s1. The van der Waals surface area contributed by atoms with E-state index in [1.54, 1.807) is 6.08 Å². The Balaban J connectivity index is 1.04. The molecule has 4 fully saturated rings. The zero-order valence-electron chi connectivity index (χ0n) is 28.9. The number of nitrogens with one attached hydrogen (secondary N) is 2. The van der Waals surface area contributed by atoms with Crippen LogP contribution in [0.25, 0.3) is 10.9 Å². The number of carbonyl (C=O) groups is 2. The first-order valence-electron chi connectivity index (χ1n) is 18.1. The molecule has 3 N–H and O–H groups in total. The SMILES string of the molecule is CC1(C)OC23CC[C@]4(C)[C@@]5(C)c6[nH]c7ccccc7c6C[C@@H]5C[C@H](OC(=O)NC5CCN(Cc6ccccc6)CC5)[C@@]4(O)C2=CC(=O)[C@@H]1O3. The van der Waals surface area contributed by atoms with Crippen LogP contribution in [0.1, 0.15) is 76.6 Å². The molecule has 4 heterocycles. The van der Waals surface area contributed by atoms with Gasteiger partial charge in [0.2, 0.25) is 0 Å². The summed E-state index contributed by atoms with van der Waals surface area (Å²) in [6.45, 7) is 10.8. The molecular weight excluding hydrogens is 618 g/mol. The predicted molar refractivity (Wildman–Crippen MR) is 184 cm³/mol. The number of aromatic amines is 1. The van der Waals surface area contributed by atoms with Crippen LogP contribution in [0.3, 0.4) is 0 Å². The fraction of sp³-hybridized carbons (Fsp3) is 0.550. The molecule has 0 radical (unpaired) electrons. The third-order valence-electron chi connectivity index (χ3n) is 13.6. The first-order valence-corrected chi connectivity index (χ1v) is 18.1. The van der Waals surface area contributed by atoms with Gasteiger partial charge in [0.25, 0.3) is 0 Å². The number of amides is 1. The van der Waals surface area contributed by atoms with Crippen molar-refractivity contribution >= 4 is 22.8 Å². The number of piperidine rings is 1. The summed E-state index contributed by atoms with van der Waals surface area (Å²) < 4.78 is 19.6. The molecule has 3 aromatic rings. The zero-order valence-corrected chi connectivity index (χ0v) is 28.9. The molecule has 9 heteroatoms. The van der Waals surface area contributed by atoms with Crippen LogP contribution in [-0.4, -0.2) is 75.2 Å². The van der Waals surface area contributed by atoms with Crippen molar-refractivity contribution in [1.82, 2.24) is 15.2 Å². The topological polar surface area (TPSA) is 113 Å². The van der Waals surface area contributed by atoms with Gasteiger partial charge in [0.05, 0.1) is 0 Å². The summed E-state index contributed by atoms with van der Waals surface area (Å²) >= 11 is 0. The molecule has 1 amide bonds. The number of aliphatic hydroxyl groups is 1. The number of rotatable bonds is 4. The van der Waals surface area contributed by atoms with E-state index >= 15 is 0 Å². The van der Waals surface area contributed by atoms with Gasteiger partial charge in [-0.1, -0.05) is 62.4 Å². The van der Waals surface area contributed by atoms with E-state index in [9.17, 15) is 14.7 Å². The molecule has 1 aromatic heterocycles. The van der Waals surface area contributed by atoms with Crippen molar-refractivity contribution in [2.75, 3.05) is 13.1 Å². The molecule has 3 aliphatic heterocycles. The third-order valence-corrected chi connectivity index (χ3v) is 13.6. The van der Waals surface area contributed by atoms with E-state index in [1.165, 1.54) is 16.5 Å². The Labute approximate surface area is 287 Å². The smallest absolute Gasteiger partial charge is 0.407 e. The summed E-state index contributed by atoms with van der Waals surface area (Å²) in [6, 6.07) is 18.8. The van der Waals surface area contributed by atoms with Crippen LogP contribution < -0.4 is 5.32 Å². The average molecular weight is 666 g/mol. The molecule has 9 nitrogen and oxygen atoms in total. The van der Waals surface area contributed by atoms with Crippen LogP contribution in [0.5, 0.6) is 0 Å². The van der Waals surface area contributed by atoms with Crippen LogP contribution in [0.15, 0.2) is 66.2 Å². The van der Waals surface area contributed by atoms with E-state index in [4.69, 9.17) is 14.2 Å². The van der Waals surface area contributed by atoms with Gasteiger partial charge >= 0.3 is 6.09 Å². The highest BCUT2D eigenvalue weighted by atomic mass is 16.8. The van der Waals surface area contributed by atoms with Crippen molar-refractivity contribution in [3.63, 3.8) is 0 Å². The molecule has 2 saturated heterocycles. The molecule has 7 atom stereocenters. The van der Waals surface area contributed by atoms with Crippen molar-refractivity contribution in [2.24, 2.45) is 11.3 Å². The molecule has 258 valence electrons. The Bertz CT molecular complexity index is 1880. The maximum absolute atomic E-state index is 13.9. The number of fused-ring (bicyclic) bond motifs is 9. The summed E-state index contributed by atoms with van der Waals surface area (Å²) in [7, 11) is 0. The largest absolute Gasteiger partial charge is 0.443 e. The fourth-order valence-electron chi connectivity index (χ4n) is 10.9. The lowest BCUT2D eigenvalue weighted by Gasteiger charge is -2.67. The number of carbonyl (C=O) groups excluding carboxylic acids is 2.